The molecule has 0 aromatic rings. The average molecular weight is 364 g/mol. The maximum atomic E-state index is 11.3. The van der Waals surface area contributed by atoms with E-state index in [0.29, 0.717) is 25.7 Å². The van der Waals surface area contributed by atoms with Gasteiger partial charge in [0.15, 0.2) is 12.2 Å². The molecule has 0 saturated carbocycles. The van der Waals surface area contributed by atoms with Gasteiger partial charge in [0.25, 0.3) is 0 Å². The van der Waals surface area contributed by atoms with Gasteiger partial charge in [0, 0.05) is 0 Å². The molecule has 0 spiro atoms. The summed E-state index contributed by atoms with van der Waals surface area (Å²) < 4.78 is 9.26. The number of aliphatic hydroxyl groups excluding tert-OH is 4. The van der Waals surface area contributed by atoms with Gasteiger partial charge in [-0.15, -0.1) is 0 Å². The van der Waals surface area contributed by atoms with E-state index in [4.69, 9.17) is 0 Å². The van der Waals surface area contributed by atoms with E-state index in [1.165, 1.54) is 0 Å². The van der Waals surface area contributed by atoms with Crippen LogP contribution in [0.5, 0.6) is 0 Å². The number of unbranched alkanes of at least 4 members (excludes halogenated alkanes) is 4. The van der Waals surface area contributed by atoms with Gasteiger partial charge < -0.3 is 29.9 Å². The Morgan fingerprint density at radius 2 is 1.00 bits per heavy atom. The summed E-state index contributed by atoms with van der Waals surface area (Å²) in [5.74, 6) is -1.63. The highest BCUT2D eigenvalue weighted by molar-refractivity contribution is 5.75. The number of hydrogen-bond donors (Lipinski definition) is 4. The SMILES string of the molecule is CCOC(=O)[C@@H](O)[C@H](O)CCCCCCC[C@@H](O)[C@H](O)C(=O)OCC. The van der Waals surface area contributed by atoms with E-state index in [1.807, 2.05) is 0 Å². The van der Waals surface area contributed by atoms with Gasteiger partial charge in [-0.05, 0) is 26.7 Å². The summed E-state index contributed by atoms with van der Waals surface area (Å²) in [6.45, 7) is 3.55. The molecule has 0 radical (unpaired) electrons. The van der Waals surface area contributed by atoms with Crippen molar-refractivity contribution in [3.8, 4) is 0 Å². The van der Waals surface area contributed by atoms with Crippen LogP contribution in [0.25, 0.3) is 0 Å². The Morgan fingerprint density at radius 3 is 1.32 bits per heavy atom. The van der Waals surface area contributed by atoms with E-state index >= 15 is 0 Å². The largest absolute Gasteiger partial charge is 0.464 e. The monoisotopic (exact) mass is 364 g/mol. The Hall–Kier alpha value is -1.22. The molecule has 148 valence electrons. The van der Waals surface area contributed by atoms with Crippen molar-refractivity contribution in [1.82, 2.24) is 0 Å². The van der Waals surface area contributed by atoms with E-state index in [0.717, 1.165) is 19.3 Å². The molecule has 0 fully saturated rings. The third kappa shape index (κ3) is 10.4. The van der Waals surface area contributed by atoms with Gasteiger partial charge in [0.1, 0.15) is 0 Å². The van der Waals surface area contributed by atoms with Gasteiger partial charge in [0.05, 0.1) is 25.4 Å². The Balaban J connectivity index is 3.73. The van der Waals surface area contributed by atoms with Crippen LogP contribution in [0.15, 0.2) is 0 Å². The second-order valence-electron chi connectivity index (χ2n) is 5.87. The van der Waals surface area contributed by atoms with Crippen LogP contribution in [0.1, 0.15) is 58.8 Å². The summed E-state index contributed by atoms with van der Waals surface area (Å²) in [6.07, 6.45) is -0.998. The minimum Gasteiger partial charge on any atom is -0.464 e. The van der Waals surface area contributed by atoms with E-state index in [-0.39, 0.29) is 13.2 Å². The number of ether oxygens (including phenoxy) is 2. The van der Waals surface area contributed by atoms with Crippen LogP contribution in [0.3, 0.4) is 0 Å². The van der Waals surface area contributed by atoms with E-state index in [9.17, 15) is 30.0 Å². The minimum atomic E-state index is -1.51. The zero-order chi connectivity index (χ0) is 19.2. The molecule has 4 atom stereocenters. The van der Waals surface area contributed by atoms with Gasteiger partial charge >= 0.3 is 11.9 Å². The standard InChI is InChI=1S/C17H32O8/c1-3-24-16(22)14(20)12(18)10-8-6-5-7-9-11-13(19)15(21)17(23)25-4-2/h12-15,18-21H,3-11H2,1-2H3/t12-,13-,14+,15+/m1/s1. The molecule has 0 saturated heterocycles. The molecule has 0 heterocycles. The normalized spacial score (nSPS) is 15.9. The lowest BCUT2D eigenvalue weighted by Crippen LogP contribution is -2.35. The van der Waals surface area contributed by atoms with Crippen molar-refractivity contribution >= 4 is 11.9 Å². The number of carbonyl (C=O) groups excluding carboxylic acids is 2. The van der Waals surface area contributed by atoms with Crippen molar-refractivity contribution in [2.45, 2.75) is 83.2 Å². The molecule has 0 aliphatic rings. The van der Waals surface area contributed by atoms with Gasteiger partial charge in [-0.25, -0.2) is 9.59 Å². The molecule has 0 amide bonds. The quantitative estimate of drug-likeness (QED) is 0.255. The second-order valence-corrected chi connectivity index (χ2v) is 5.87. The lowest BCUT2D eigenvalue weighted by molar-refractivity contribution is -0.160. The first-order valence-corrected chi connectivity index (χ1v) is 8.90. The van der Waals surface area contributed by atoms with Crippen LogP contribution < -0.4 is 0 Å². The summed E-state index contributed by atoms with van der Waals surface area (Å²) in [6, 6.07) is 0. The van der Waals surface area contributed by atoms with Crippen LogP contribution in [0, 0.1) is 0 Å². The zero-order valence-electron chi connectivity index (χ0n) is 15.1. The molecule has 0 aromatic carbocycles. The van der Waals surface area contributed by atoms with Crippen molar-refractivity contribution in [2.24, 2.45) is 0 Å². The molecule has 0 aliphatic heterocycles. The van der Waals surface area contributed by atoms with Crippen molar-refractivity contribution in [2.75, 3.05) is 13.2 Å². The number of aliphatic hydroxyl groups is 4. The number of hydrogen-bond acceptors (Lipinski definition) is 8. The molecule has 0 aromatic heterocycles. The first-order valence-electron chi connectivity index (χ1n) is 8.90. The maximum absolute atomic E-state index is 11.3. The van der Waals surface area contributed by atoms with Crippen LogP contribution >= 0.6 is 0 Å². The van der Waals surface area contributed by atoms with Crippen LogP contribution in [-0.2, 0) is 19.1 Å². The van der Waals surface area contributed by atoms with Crippen LogP contribution in [0.4, 0.5) is 0 Å². The van der Waals surface area contributed by atoms with Crippen molar-refractivity contribution < 1.29 is 39.5 Å². The number of carbonyl (C=O) groups is 2. The second kappa shape index (κ2) is 14.0. The van der Waals surface area contributed by atoms with Crippen LogP contribution in [-0.4, -0.2) is 70.0 Å². The number of rotatable bonds is 14. The minimum absolute atomic E-state index is 0.152. The summed E-state index contributed by atoms with van der Waals surface area (Å²) >= 11 is 0. The third-order valence-electron chi connectivity index (χ3n) is 3.78. The molecule has 4 N–H and O–H groups in total. The first kappa shape index (κ1) is 23.8. The van der Waals surface area contributed by atoms with Gasteiger partial charge in [-0.1, -0.05) is 32.1 Å². The van der Waals surface area contributed by atoms with Gasteiger partial charge in [0.2, 0.25) is 0 Å². The lowest BCUT2D eigenvalue weighted by atomic mass is 10.0. The fraction of sp³-hybridized carbons (Fsp3) is 0.882. The number of esters is 2. The molecule has 8 nitrogen and oxygen atoms in total. The van der Waals surface area contributed by atoms with E-state index < -0.39 is 36.4 Å². The lowest BCUT2D eigenvalue weighted by Gasteiger charge is -2.16. The highest BCUT2D eigenvalue weighted by Crippen LogP contribution is 2.13. The predicted octanol–water partition coefficient (Wildman–Crippen LogP) is 0.287. The van der Waals surface area contributed by atoms with E-state index in [2.05, 4.69) is 9.47 Å². The molecule has 0 unspecified atom stereocenters. The Kier molecular flexibility index (Phi) is 13.3. The predicted molar refractivity (Wildman–Crippen MR) is 89.6 cm³/mol. The fourth-order valence-corrected chi connectivity index (χ4v) is 2.32. The van der Waals surface area contributed by atoms with Crippen LogP contribution in [0.2, 0.25) is 0 Å². The Labute approximate surface area is 148 Å². The van der Waals surface area contributed by atoms with Gasteiger partial charge in [-0.2, -0.15) is 0 Å². The summed E-state index contributed by atoms with van der Waals surface area (Å²) in [4.78, 5) is 22.5. The van der Waals surface area contributed by atoms with Gasteiger partial charge in [-0.3, -0.25) is 0 Å². The smallest absolute Gasteiger partial charge is 0.337 e. The summed E-state index contributed by atoms with van der Waals surface area (Å²) in [5.41, 5.74) is 0. The molecule has 0 bridgehead atoms. The summed E-state index contributed by atoms with van der Waals surface area (Å²) in [7, 11) is 0. The Morgan fingerprint density at radius 1 is 0.680 bits per heavy atom. The first-order chi connectivity index (χ1) is 11.8. The Bertz CT molecular complexity index is 340. The zero-order valence-corrected chi connectivity index (χ0v) is 15.1. The van der Waals surface area contributed by atoms with Crippen molar-refractivity contribution in [1.29, 1.82) is 0 Å². The summed E-state index contributed by atoms with van der Waals surface area (Å²) in [5, 5.41) is 38.5. The molecule has 0 aliphatic carbocycles. The van der Waals surface area contributed by atoms with Crippen molar-refractivity contribution in [3.05, 3.63) is 0 Å². The molecule has 25 heavy (non-hydrogen) atoms. The highest BCUT2D eigenvalue weighted by atomic mass is 16.6. The molecular formula is C17H32O8. The third-order valence-corrected chi connectivity index (χ3v) is 3.78. The highest BCUT2D eigenvalue weighted by Gasteiger charge is 2.25. The molecule has 0 rings (SSSR count). The topological polar surface area (TPSA) is 134 Å². The molecule has 8 heteroatoms. The van der Waals surface area contributed by atoms with E-state index in [1.54, 1.807) is 13.8 Å². The van der Waals surface area contributed by atoms with Crippen molar-refractivity contribution in [3.63, 3.8) is 0 Å². The molecular weight excluding hydrogens is 332 g/mol. The maximum Gasteiger partial charge on any atom is 0.337 e. The average Bonchev–Trinajstić information content (AvgIpc) is 2.59. The fourth-order valence-electron chi connectivity index (χ4n) is 2.32.